The fourth-order valence-electron chi connectivity index (χ4n) is 6.83. The highest BCUT2D eigenvalue weighted by Crippen LogP contribution is 2.13. The van der Waals surface area contributed by atoms with Crippen molar-refractivity contribution < 1.29 is 28.6 Å². The summed E-state index contributed by atoms with van der Waals surface area (Å²) in [6.45, 7) is 7.48. The van der Waals surface area contributed by atoms with Crippen molar-refractivity contribution in [2.45, 2.75) is 213 Å². The fourth-order valence-corrected chi connectivity index (χ4v) is 6.83. The molecule has 1 fully saturated rings. The molecule has 0 unspecified atom stereocenters. The number of allylic oxidation sites excluding steroid dienone is 4. The Labute approximate surface area is 332 Å². The first kappa shape index (κ1) is 49.7. The number of amides is 1. The quantitative estimate of drug-likeness (QED) is 0.0290. The number of carbonyl (C=O) groups is 3. The van der Waals surface area contributed by atoms with Gasteiger partial charge in [-0.3, -0.25) is 14.5 Å². The van der Waals surface area contributed by atoms with Gasteiger partial charge in [0.05, 0.1) is 0 Å². The zero-order valence-corrected chi connectivity index (χ0v) is 35.2. The van der Waals surface area contributed by atoms with Crippen LogP contribution < -0.4 is 5.32 Å². The van der Waals surface area contributed by atoms with Gasteiger partial charge >= 0.3 is 18.0 Å². The number of carbonyl (C=O) groups excluding carboxylic acids is 3. The molecule has 1 heterocycles. The van der Waals surface area contributed by atoms with Gasteiger partial charge in [-0.15, -0.1) is 0 Å². The normalized spacial score (nSPS) is 13.4. The average Bonchev–Trinajstić information content (AvgIpc) is 3.69. The van der Waals surface area contributed by atoms with Crippen LogP contribution in [0.3, 0.4) is 0 Å². The van der Waals surface area contributed by atoms with Gasteiger partial charge in [-0.25, -0.2) is 4.79 Å². The second-order valence-corrected chi connectivity index (χ2v) is 15.6. The highest BCUT2D eigenvalue weighted by Gasteiger charge is 2.19. The van der Waals surface area contributed by atoms with Crippen molar-refractivity contribution in [3.8, 4) is 0 Å². The van der Waals surface area contributed by atoms with Crippen LogP contribution in [0.4, 0.5) is 4.79 Å². The summed E-state index contributed by atoms with van der Waals surface area (Å²) in [6.07, 6.45) is 43.1. The molecule has 1 saturated heterocycles. The number of unbranched alkanes of at least 4 members (excludes halogenated alkanes) is 22. The Bertz CT molecular complexity index is 876. The van der Waals surface area contributed by atoms with Gasteiger partial charge in [0, 0.05) is 19.4 Å². The number of rotatable bonds is 38. The van der Waals surface area contributed by atoms with Gasteiger partial charge in [0.25, 0.3) is 0 Å². The minimum absolute atomic E-state index is 0.0498. The van der Waals surface area contributed by atoms with Gasteiger partial charge in [0.2, 0.25) is 0 Å². The Morgan fingerprint density at radius 3 is 1.30 bits per heavy atom. The summed E-state index contributed by atoms with van der Waals surface area (Å²) >= 11 is 0. The molecular weight excluding hydrogens is 677 g/mol. The third kappa shape index (κ3) is 34.2. The van der Waals surface area contributed by atoms with Gasteiger partial charge in [-0.2, -0.15) is 0 Å². The summed E-state index contributed by atoms with van der Waals surface area (Å²) in [7, 11) is 0. The van der Waals surface area contributed by atoms with Crippen LogP contribution in [0.25, 0.3) is 0 Å². The van der Waals surface area contributed by atoms with Crippen molar-refractivity contribution in [1.82, 2.24) is 10.2 Å². The number of alkyl carbamates (subject to hydrolysis) is 1. The lowest BCUT2D eigenvalue weighted by Crippen LogP contribution is -2.43. The minimum Gasteiger partial charge on any atom is -0.463 e. The lowest BCUT2D eigenvalue weighted by Gasteiger charge is -2.19. The first-order valence-corrected chi connectivity index (χ1v) is 22.8. The summed E-state index contributed by atoms with van der Waals surface area (Å²) in [5.74, 6) is -0.581. The lowest BCUT2D eigenvalue weighted by molar-refractivity contribution is -0.147. The van der Waals surface area contributed by atoms with E-state index in [2.05, 4.69) is 48.4 Å². The molecule has 0 radical (unpaired) electrons. The third-order valence-electron chi connectivity index (χ3n) is 10.3. The summed E-state index contributed by atoms with van der Waals surface area (Å²) in [5.41, 5.74) is 0. The van der Waals surface area contributed by atoms with Crippen LogP contribution in [0.5, 0.6) is 0 Å². The molecule has 1 aliphatic rings. The fraction of sp³-hybridized carbons (Fsp3) is 0.848. The molecule has 0 atom stereocenters. The third-order valence-corrected chi connectivity index (χ3v) is 10.3. The highest BCUT2D eigenvalue weighted by atomic mass is 16.6. The van der Waals surface area contributed by atoms with Crippen molar-refractivity contribution >= 4 is 18.0 Å². The van der Waals surface area contributed by atoms with E-state index in [-0.39, 0.29) is 25.2 Å². The van der Waals surface area contributed by atoms with Crippen molar-refractivity contribution in [3.05, 3.63) is 24.3 Å². The standard InChI is InChI=1S/C46H84N2O6/c1-3-5-7-9-11-13-15-17-19-21-23-25-27-29-31-35-44(49)53-41-43(47-46(51)52-40-39-48-37-33-34-38-48)42-54-45(50)36-32-30-28-26-24-22-20-18-16-14-12-10-8-6-4-2/h17-20,43H,3-16,21-42H2,1-2H3,(H,47,51)/b19-17-,20-18-. The number of ether oxygens (including phenoxy) is 3. The number of nitrogens with zero attached hydrogens (tertiary/aromatic N) is 1. The van der Waals surface area contributed by atoms with Crippen LogP contribution in [-0.2, 0) is 23.8 Å². The molecule has 0 aromatic rings. The molecule has 1 rings (SSSR count). The Hall–Kier alpha value is -2.35. The number of nitrogens with one attached hydrogen (secondary N) is 1. The lowest BCUT2D eigenvalue weighted by atomic mass is 10.1. The summed E-state index contributed by atoms with van der Waals surface area (Å²) < 4.78 is 16.4. The van der Waals surface area contributed by atoms with Crippen LogP contribution in [0.2, 0.25) is 0 Å². The largest absolute Gasteiger partial charge is 0.463 e. The second-order valence-electron chi connectivity index (χ2n) is 15.6. The molecular formula is C46H84N2O6. The SMILES string of the molecule is CCCCCCCC/C=C\CCCCCCCC(=O)OCC(COC(=O)CCCCCCC/C=C\CCCCCCCC)NC(=O)OCCN1CCCC1. The maximum absolute atomic E-state index is 12.5. The number of hydrogen-bond donors (Lipinski definition) is 1. The van der Waals surface area contributed by atoms with Crippen LogP contribution in [0.15, 0.2) is 24.3 Å². The van der Waals surface area contributed by atoms with E-state index < -0.39 is 12.1 Å². The van der Waals surface area contributed by atoms with E-state index in [9.17, 15) is 14.4 Å². The smallest absolute Gasteiger partial charge is 0.407 e. The Balaban J connectivity index is 2.21. The summed E-state index contributed by atoms with van der Waals surface area (Å²) in [4.78, 5) is 39.8. The zero-order valence-electron chi connectivity index (χ0n) is 35.2. The van der Waals surface area contributed by atoms with Crippen molar-refractivity contribution in [2.75, 3.05) is 39.5 Å². The number of esters is 2. The second kappa shape index (κ2) is 38.9. The maximum Gasteiger partial charge on any atom is 0.407 e. The van der Waals surface area contributed by atoms with E-state index >= 15 is 0 Å². The van der Waals surface area contributed by atoms with Crippen molar-refractivity contribution in [2.24, 2.45) is 0 Å². The predicted octanol–water partition coefficient (Wildman–Crippen LogP) is 12.3. The van der Waals surface area contributed by atoms with Crippen molar-refractivity contribution in [3.63, 3.8) is 0 Å². The van der Waals surface area contributed by atoms with E-state index in [0.29, 0.717) is 26.0 Å². The van der Waals surface area contributed by atoms with E-state index in [0.717, 1.165) is 64.5 Å². The molecule has 0 aliphatic carbocycles. The van der Waals surface area contributed by atoms with Crippen LogP contribution in [0, 0.1) is 0 Å². The first-order valence-electron chi connectivity index (χ1n) is 22.8. The molecule has 8 heteroatoms. The molecule has 0 aromatic heterocycles. The van der Waals surface area contributed by atoms with Crippen LogP contribution in [-0.4, -0.2) is 68.4 Å². The van der Waals surface area contributed by atoms with Gasteiger partial charge < -0.3 is 19.5 Å². The first-order chi connectivity index (χ1) is 26.5. The van der Waals surface area contributed by atoms with E-state index in [1.165, 1.54) is 128 Å². The zero-order chi connectivity index (χ0) is 39.0. The van der Waals surface area contributed by atoms with Crippen molar-refractivity contribution in [1.29, 1.82) is 0 Å². The molecule has 0 saturated carbocycles. The van der Waals surface area contributed by atoms with Gasteiger partial charge in [-0.1, -0.05) is 141 Å². The summed E-state index contributed by atoms with van der Waals surface area (Å²) in [6, 6.07) is -0.652. The van der Waals surface area contributed by atoms with E-state index in [4.69, 9.17) is 14.2 Å². The summed E-state index contributed by atoms with van der Waals surface area (Å²) in [5, 5.41) is 2.75. The number of hydrogen-bond acceptors (Lipinski definition) is 7. The molecule has 1 amide bonds. The highest BCUT2D eigenvalue weighted by molar-refractivity contribution is 5.70. The molecule has 0 spiro atoms. The van der Waals surface area contributed by atoms with Gasteiger partial charge in [-0.05, 0) is 90.1 Å². The molecule has 0 aromatic carbocycles. The van der Waals surface area contributed by atoms with Gasteiger partial charge in [0.1, 0.15) is 25.9 Å². The molecule has 1 aliphatic heterocycles. The minimum atomic E-state index is -0.652. The monoisotopic (exact) mass is 761 g/mol. The molecule has 0 bridgehead atoms. The molecule has 1 N–H and O–H groups in total. The molecule has 314 valence electrons. The Morgan fingerprint density at radius 2 is 0.889 bits per heavy atom. The van der Waals surface area contributed by atoms with E-state index in [1.807, 2.05) is 0 Å². The van der Waals surface area contributed by atoms with Crippen LogP contribution in [0.1, 0.15) is 206 Å². The Morgan fingerprint density at radius 1 is 0.519 bits per heavy atom. The topological polar surface area (TPSA) is 94.2 Å². The molecule has 8 nitrogen and oxygen atoms in total. The average molecular weight is 761 g/mol. The van der Waals surface area contributed by atoms with Crippen LogP contribution >= 0.6 is 0 Å². The molecule has 54 heavy (non-hydrogen) atoms. The number of likely N-dealkylation sites (tertiary alicyclic amines) is 1. The predicted molar refractivity (Wildman–Crippen MR) is 225 cm³/mol. The van der Waals surface area contributed by atoms with E-state index in [1.54, 1.807) is 0 Å². The maximum atomic E-state index is 12.5. The Kier molecular flexibility index (Phi) is 35.8. The van der Waals surface area contributed by atoms with Gasteiger partial charge in [0.15, 0.2) is 0 Å².